The van der Waals surface area contributed by atoms with Crippen LogP contribution in [-0.2, 0) is 17.9 Å². The Balaban J connectivity index is 1.42. The molecule has 9 heteroatoms. The summed E-state index contributed by atoms with van der Waals surface area (Å²) in [6, 6.07) is 11.4. The number of rotatable bonds is 6. The summed E-state index contributed by atoms with van der Waals surface area (Å²) in [5.41, 5.74) is 1.57. The van der Waals surface area contributed by atoms with E-state index < -0.39 is 0 Å². The second-order valence-corrected chi connectivity index (χ2v) is 6.25. The van der Waals surface area contributed by atoms with Gasteiger partial charge in [-0.2, -0.15) is 4.80 Å². The lowest BCUT2D eigenvalue weighted by atomic mass is 10.2. The summed E-state index contributed by atoms with van der Waals surface area (Å²) in [6.07, 6.45) is 0. The monoisotopic (exact) mass is 383 g/mol. The fraction of sp³-hybridized carbons (Fsp3) is 0.263. The second-order valence-electron chi connectivity index (χ2n) is 6.25. The van der Waals surface area contributed by atoms with Crippen molar-refractivity contribution in [2.24, 2.45) is 0 Å². The zero-order chi connectivity index (χ0) is 19.5. The van der Waals surface area contributed by atoms with Crippen LogP contribution >= 0.6 is 0 Å². The molecule has 28 heavy (non-hydrogen) atoms. The molecule has 0 N–H and O–H groups in total. The van der Waals surface area contributed by atoms with Crippen molar-refractivity contribution < 1.29 is 18.7 Å². The van der Waals surface area contributed by atoms with Crippen molar-refractivity contribution in [3.63, 3.8) is 0 Å². The van der Waals surface area contributed by atoms with E-state index in [1.807, 2.05) is 25.1 Å². The number of carbonyl (C=O) groups excluding carboxylic acids is 1. The van der Waals surface area contributed by atoms with Gasteiger partial charge in [-0.1, -0.05) is 6.07 Å². The van der Waals surface area contributed by atoms with Gasteiger partial charge in [0, 0.05) is 18.7 Å². The average molecular weight is 383 g/mol. The van der Waals surface area contributed by atoms with Gasteiger partial charge >= 0.3 is 0 Å². The molecule has 2 heterocycles. The summed E-state index contributed by atoms with van der Waals surface area (Å²) in [5.74, 6) is 1.25. The third kappa shape index (κ3) is 3.78. The second kappa shape index (κ2) is 7.63. The molecule has 0 spiro atoms. The minimum atomic E-state index is -0.339. The molecule has 0 fully saturated rings. The maximum absolute atomic E-state index is 13.0. The lowest BCUT2D eigenvalue weighted by Gasteiger charge is -2.20. The molecule has 8 nitrogen and oxygen atoms in total. The molecule has 0 atom stereocenters. The molecule has 0 saturated heterocycles. The van der Waals surface area contributed by atoms with E-state index >= 15 is 0 Å². The minimum Gasteiger partial charge on any atom is -0.454 e. The van der Waals surface area contributed by atoms with Crippen LogP contribution in [0.2, 0.25) is 0 Å². The highest BCUT2D eigenvalue weighted by atomic mass is 19.1. The van der Waals surface area contributed by atoms with Crippen LogP contribution in [0.5, 0.6) is 11.5 Å². The Bertz CT molecular complexity index is 989. The van der Waals surface area contributed by atoms with Gasteiger partial charge in [0.1, 0.15) is 12.4 Å². The predicted molar refractivity (Wildman–Crippen MR) is 96.9 cm³/mol. The topological polar surface area (TPSA) is 82.4 Å². The van der Waals surface area contributed by atoms with E-state index in [2.05, 4.69) is 15.4 Å². The number of nitrogens with zero attached hydrogens (tertiary/aromatic N) is 5. The van der Waals surface area contributed by atoms with E-state index in [1.165, 1.54) is 16.9 Å². The third-order valence-corrected chi connectivity index (χ3v) is 4.38. The number of hydrogen-bond donors (Lipinski definition) is 0. The summed E-state index contributed by atoms with van der Waals surface area (Å²) in [6.45, 7) is 3.05. The molecule has 1 aliphatic rings. The van der Waals surface area contributed by atoms with E-state index in [0.29, 0.717) is 36.0 Å². The van der Waals surface area contributed by atoms with Crippen molar-refractivity contribution in [1.29, 1.82) is 0 Å². The van der Waals surface area contributed by atoms with Gasteiger partial charge in [-0.15, -0.1) is 10.2 Å². The van der Waals surface area contributed by atoms with Crippen LogP contribution in [0.4, 0.5) is 4.39 Å². The number of benzene rings is 2. The zero-order valence-electron chi connectivity index (χ0n) is 15.2. The molecule has 2 aromatic carbocycles. The summed E-state index contributed by atoms with van der Waals surface area (Å²) < 4.78 is 23.7. The average Bonchev–Trinajstić information content (AvgIpc) is 3.35. The largest absolute Gasteiger partial charge is 0.454 e. The number of fused-ring (bicyclic) bond motifs is 1. The molecular weight excluding hydrogens is 365 g/mol. The zero-order valence-corrected chi connectivity index (χ0v) is 15.2. The third-order valence-electron chi connectivity index (χ3n) is 4.38. The maximum atomic E-state index is 13.0. The lowest BCUT2D eigenvalue weighted by molar-refractivity contribution is -0.132. The highest BCUT2D eigenvalue weighted by Crippen LogP contribution is 2.32. The van der Waals surface area contributed by atoms with Crippen LogP contribution in [0, 0.1) is 5.82 Å². The molecule has 1 aromatic heterocycles. The lowest BCUT2D eigenvalue weighted by Crippen LogP contribution is -2.33. The summed E-state index contributed by atoms with van der Waals surface area (Å²) in [5, 5.41) is 12.1. The van der Waals surface area contributed by atoms with Crippen LogP contribution in [0.1, 0.15) is 12.5 Å². The highest BCUT2D eigenvalue weighted by Gasteiger charge is 2.18. The summed E-state index contributed by atoms with van der Waals surface area (Å²) in [4.78, 5) is 15.6. The quantitative estimate of drug-likeness (QED) is 0.649. The molecule has 0 saturated carbocycles. The first-order chi connectivity index (χ1) is 13.6. The summed E-state index contributed by atoms with van der Waals surface area (Å²) in [7, 11) is 0. The Morgan fingerprint density at radius 2 is 1.96 bits per heavy atom. The Morgan fingerprint density at radius 1 is 1.18 bits per heavy atom. The number of carbonyl (C=O) groups is 1. The number of ether oxygens (including phenoxy) is 2. The van der Waals surface area contributed by atoms with E-state index in [-0.39, 0.29) is 25.1 Å². The van der Waals surface area contributed by atoms with Gasteiger partial charge in [-0.3, -0.25) is 4.79 Å². The molecule has 3 aromatic rings. The Hall–Kier alpha value is -3.49. The van der Waals surface area contributed by atoms with Crippen LogP contribution in [0.15, 0.2) is 42.5 Å². The molecule has 0 bridgehead atoms. The SMILES string of the molecule is CCN(Cc1ccc2c(c1)OCO2)C(=O)Cn1nnc(-c2ccc(F)cc2)n1. The van der Waals surface area contributed by atoms with Crippen molar-refractivity contribution >= 4 is 5.91 Å². The van der Waals surface area contributed by atoms with E-state index in [4.69, 9.17) is 9.47 Å². The molecule has 0 aliphatic carbocycles. The fourth-order valence-corrected chi connectivity index (χ4v) is 2.88. The van der Waals surface area contributed by atoms with E-state index in [0.717, 1.165) is 5.56 Å². The van der Waals surface area contributed by atoms with Crippen molar-refractivity contribution in [3.8, 4) is 22.9 Å². The molecule has 1 amide bonds. The highest BCUT2D eigenvalue weighted by molar-refractivity contribution is 5.75. The molecule has 1 aliphatic heterocycles. The van der Waals surface area contributed by atoms with Crippen LogP contribution < -0.4 is 9.47 Å². The molecule has 144 valence electrons. The van der Waals surface area contributed by atoms with E-state index in [9.17, 15) is 9.18 Å². The first-order valence-corrected chi connectivity index (χ1v) is 8.82. The maximum Gasteiger partial charge on any atom is 0.246 e. The first-order valence-electron chi connectivity index (χ1n) is 8.82. The molecular formula is C19H18FN5O3. The molecule has 0 radical (unpaired) electrons. The standard InChI is InChI=1S/C19H18FN5O3/c1-2-24(10-13-3-8-16-17(9-13)28-12-27-16)18(26)11-25-22-19(21-23-25)14-4-6-15(20)7-5-14/h3-9H,2,10-12H2,1H3. The van der Waals surface area contributed by atoms with Crippen molar-refractivity contribution in [2.75, 3.05) is 13.3 Å². The normalized spacial score (nSPS) is 12.2. The number of likely N-dealkylation sites (N-methyl/N-ethyl adjacent to an activating group) is 1. The van der Waals surface area contributed by atoms with Gasteiger partial charge in [-0.25, -0.2) is 4.39 Å². The van der Waals surface area contributed by atoms with Crippen LogP contribution in [0.3, 0.4) is 0 Å². The van der Waals surface area contributed by atoms with Gasteiger partial charge in [0.05, 0.1) is 0 Å². The number of hydrogen-bond acceptors (Lipinski definition) is 6. The molecule has 0 unspecified atom stereocenters. The number of halogens is 1. The summed E-state index contributed by atoms with van der Waals surface area (Å²) >= 11 is 0. The Morgan fingerprint density at radius 3 is 2.75 bits per heavy atom. The van der Waals surface area contributed by atoms with Gasteiger partial charge in [0.2, 0.25) is 18.5 Å². The minimum absolute atomic E-state index is 0.0351. The van der Waals surface area contributed by atoms with Gasteiger partial charge < -0.3 is 14.4 Å². The fourth-order valence-electron chi connectivity index (χ4n) is 2.88. The van der Waals surface area contributed by atoms with Gasteiger partial charge in [0.15, 0.2) is 11.5 Å². The van der Waals surface area contributed by atoms with Gasteiger partial charge in [0.25, 0.3) is 0 Å². The number of aromatic nitrogens is 4. The van der Waals surface area contributed by atoms with Crippen molar-refractivity contribution in [1.82, 2.24) is 25.1 Å². The van der Waals surface area contributed by atoms with Crippen molar-refractivity contribution in [2.45, 2.75) is 20.0 Å². The van der Waals surface area contributed by atoms with E-state index in [1.54, 1.807) is 17.0 Å². The number of amides is 1. The Labute approximate surface area is 160 Å². The molecule has 4 rings (SSSR count). The smallest absolute Gasteiger partial charge is 0.246 e. The first kappa shape index (κ1) is 17.9. The van der Waals surface area contributed by atoms with Crippen molar-refractivity contribution in [3.05, 3.63) is 53.8 Å². The number of tetrazole rings is 1. The van der Waals surface area contributed by atoms with Gasteiger partial charge in [-0.05, 0) is 54.1 Å². The predicted octanol–water partition coefficient (Wildman–Crippen LogP) is 2.26. The van der Waals surface area contributed by atoms with Crippen LogP contribution in [0.25, 0.3) is 11.4 Å². The Kier molecular flexibility index (Phi) is 4.88. The van der Waals surface area contributed by atoms with Crippen LogP contribution in [-0.4, -0.2) is 44.4 Å².